The molecule has 0 saturated carbocycles. The van der Waals surface area contributed by atoms with E-state index in [-0.39, 0.29) is 0 Å². The summed E-state index contributed by atoms with van der Waals surface area (Å²) in [5.74, 6) is 1.24. The molecule has 1 aromatic rings. The zero-order chi connectivity index (χ0) is 15.3. The average Bonchev–Trinajstić information content (AvgIpc) is 2.38. The minimum Gasteiger partial charge on any atom is -0.211 e. The van der Waals surface area contributed by atoms with Crippen molar-refractivity contribution in [1.29, 1.82) is 0 Å². The highest BCUT2D eigenvalue weighted by molar-refractivity contribution is 9.08. The van der Waals surface area contributed by atoms with Gasteiger partial charge in [0.2, 0.25) is 10.0 Å². The van der Waals surface area contributed by atoms with E-state index in [0.717, 1.165) is 10.9 Å². The van der Waals surface area contributed by atoms with Gasteiger partial charge in [-0.3, -0.25) is 0 Å². The Hall–Kier alpha value is -0.390. The van der Waals surface area contributed by atoms with Crippen molar-refractivity contribution >= 4 is 26.0 Å². The van der Waals surface area contributed by atoms with Crippen LogP contribution in [-0.4, -0.2) is 15.0 Å². The summed E-state index contributed by atoms with van der Waals surface area (Å²) in [6.45, 7) is 9.00. The standard InChI is InChI=1S/C15H24BrNO2S/c1-11(2)15(12(3)4)10-17-20(18,19)14-7-5-13(9-16)6-8-14/h5-8,11-12,15,17H,9-10H2,1-4H3. The van der Waals surface area contributed by atoms with Gasteiger partial charge in [0.1, 0.15) is 0 Å². The van der Waals surface area contributed by atoms with E-state index in [1.807, 2.05) is 12.1 Å². The molecule has 0 heterocycles. The fourth-order valence-corrected chi connectivity index (χ4v) is 3.73. The van der Waals surface area contributed by atoms with Gasteiger partial charge in [-0.25, -0.2) is 13.1 Å². The minimum atomic E-state index is -3.41. The number of hydrogen-bond acceptors (Lipinski definition) is 2. The Balaban J connectivity index is 2.78. The summed E-state index contributed by atoms with van der Waals surface area (Å²) in [6, 6.07) is 6.95. The van der Waals surface area contributed by atoms with Crippen molar-refractivity contribution in [3.8, 4) is 0 Å². The van der Waals surface area contributed by atoms with E-state index >= 15 is 0 Å². The molecule has 114 valence electrons. The van der Waals surface area contributed by atoms with Crippen LogP contribution in [0.2, 0.25) is 0 Å². The molecule has 0 saturated heterocycles. The van der Waals surface area contributed by atoms with Crippen LogP contribution in [-0.2, 0) is 15.4 Å². The molecule has 0 radical (unpaired) electrons. The van der Waals surface area contributed by atoms with Crippen LogP contribution in [0.1, 0.15) is 33.3 Å². The lowest BCUT2D eigenvalue weighted by Gasteiger charge is -2.25. The highest BCUT2D eigenvalue weighted by Gasteiger charge is 2.21. The van der Waals surface area contributed by atoms with E-state index < -0.39 is 10.0 Å². The smallest absolute Gasteiger partial charge is 0.211 e. The average molecular weight is 362 g/mol. The van der Waals surface area contributed by atoms with Crippen LogP contribution < -0.4 is 4.72 Å². The summed E-state index contributed by atoms with van der Waals surface area (Å²) in [4.78, 5) is 0.327. The fraction of sp³-hybridized carbons (Fsp3) is 0.600. The molecule has 5 heteroatoms. The molecular formula is C15H24BrNO2S. The zero-order valence-electron chi connectivity index (χ0n) is 12.6. The van der Waals surface area contributed by atoms with Crippen molar-refractivity contribution in [1.82, 2.24) is 4.72 Å². The number of hydrogen-bond donors (Lipinski definition) is 1. The van der Waals surface area contributed by atoms with Crippen LogP contribution in [0.4, 0.5) is 0 Å². The third-order valence-corrected chi connectivity index (χ3v) is 5.70. The number of nitrogens with one attached hydrogen (secondary N) is 1. The van der Waals surface area contributed by atoms with Crippen molar-refractivity contribution in [3.63, 3.8) is 0 Å². The minimum absolute atomic E-state index is 0.327. The third kappa shape index (κ3) is 4.86. The normalized spacial score (nSPS) is 12.6. The predicted octanol–water partition coefficient (Wildman–Crippen LogP) is 3.79. The molecule has 0 fully saturated rings. The Morgan fingerprint density at radius 1 is 1.05 bits per heavy atom. The summed E-state index contributed by atoms with van der Waals surface area (Å²) in [5.41, 5.74) is 1.06. The molecule has 0 bridgehead atoms. The Morgan fingerprint density at radius 2 is 1.55 bits per heavy atom. The highest BCUT2D eigenvalue weighted by Crippen LogP contribution is 2.20. The van der Waals surface area contributed by atoms with E-state index in [0.29, 0.717) is 29.2 Å². The van der Waals surface area contributed by atoms with Gasteiger partial charge in [0.15, 0.2) is 0 Å². The first kappa shape index (κ1) is 17.7. The summed E-state index contributed by atoms with van der Waals surface area (Å²) in [5, 5.41) is 0.726. The Morgan fingerprint density at radius 3 is 1.95 bits per heavy atom. The van der Waals surface area contributed by atoms with Gasteiger partial charge in [0.25, 0.3) is 0 Å². The van der Waals surface area contributed by atoms with Crippen molar-refractivity contribution in [2.45, 2.75) is 37.9 Å². The number of halogens is 1. The van der Waals surface area contributed by atoms with E-state index in [1.165, 1.54) is 0 Å². The number of sulfonamides is 1. The largest absolute Gasteiger partial charge is 0.240 e. The maximum atomic E-state index is 12.3. The van der Waals surface area contributed by atoms with Gasteiger partial charge in [-0.2, -0.15) is 0 Å². The van der Waals surface area contributed by atoms with E-state index in [9.17, 15) is 8.42 Å². The van der Waals surface area contributed by atoms with E-state index in [2.05, 4.69) is 48.3 Å². The number of alkyl halides is 1. The van der Waals surface area contributed by atoms with Crippen molar-refractivity contribution in [3.05, 3.63) is 29.8 Å². The third-order valence-electron chi connectivity index (χ3n) is 3.61. The lowest BCUT2D eigenvalue weighted by atomic mass is 9.86. The first-order valence-electron chi connectivity index (χ1n) is 6.92. The number of benzene rings is 1. The van der Waals surface area contributed by atoms with Gasteiger partial charge in [-0.1, -0.05) is 55.8 Å². The van der Waals surface area contributed by atoms with Gasteiger partial charge in [0, 0.05) is 11.9 Å². The second kappa shape index (κ2) is 7.57. The van der Waals surface area contributed by atoms with Crippen LogP contribution in [0.15, 0.2) is 29.2 Å². The monoisotopic (exact) mass is 361 g/mol. The number of rotatable bonds is 7. The maximum Gasteiger partial charge on any atom is 0.240 e. The molecule has 0 aliphatic heterocycles. The van der Waals surface area contributed by atoms with E-state index in [4.69, 9.17) is 0 Å². The highest BCUT2D eigenvalue weighted by atomic mass is 79.9. The molecule has 0 aromatic heterocycles. The second-order valence-corrected chi connectivity index (χ2v) is 8.11. The maximum absolute atomic E-state index is 12.3. The quantitative estimate of drug-likeness (QED) is 0.750. The second-order valence-electron chi connectivity index (χ2n) is 5.78. The van der Waals surface area contributed by atoms with Gasteiger partial charge in [-0.05, 0) is 35.4 Å². The van der Waals surface area contributed by atoms with Crippen LogP contribution in [0, 0.1) is 17.8 Å². The first-order chi connectivity index (χ1) is 9.27. The SMILES string of the molecule is CC(C)C(CNS(=O)(=O)c1ccc(CBr)cc1)C(C)C. The Bertz CT molecular complexity index is 501. The fourth-order valence-electron chi connectivity index (χ4n) is 2.29. The van der Waals surface area contributed by atoms with Crippen molar-refractivity contribution in [2.24, 2.45) is 17.8 Å². The lowest BCUT2D eigenvalue weighted by Crippen LogP contribution is -2.33. The zero-order valence-corrected chi connectivity index (χ0v) is 15.0. The van der Waals surface area contributed by atoms with Crippen molar-refractivity contribution < 1.29 is 8.42 Å². The molecule has 1 rings (SSSR count). The molecule has 0 amide bonds. The molecule has 1 aromatic carbocycles. The molecule has 3 nitrogen and oxygen atoms in total. The van der Waals surface area contributed by atoms with E-state index in [1.54, 1.807) is 12.1 Å². The molecule has 0 atom stereocenters. The molecule has 0 aliphatic rings. The van der Waals surface area contributed by atoms with Crippen molar-refractivity contribution in [2.75, 3.05) is 6.54 Å². The first-order valence-corrected chi connectivity index (χ1v) is 9.53. The molecule has 1 N–H and O–H groups in total. The van der Waals surface area contributed by atoms with Gasteiger partial charge in [-0.15, -0.1) is 0 Å². The van der Waals surface area contributed by atoms with Crippen LogP contribution >= 0.6 is 15.9 Å². The predicted molar refractivity (Wildman–Crippen MR) is 87.4 cm³/mol. The van der Waals surface area contributed by atoms with Gasteiger partial charge in [0.05, 0.1) is 4.90 Å². The molecule has 0 unspecified atom stereocenters. The summed E-state index contributed by atoms with van der Waals surface area (Å²) in [7, 11) is -3.41. The van der Waals surface area contributed by atoms with Crippen LogP contribution in [0.25, 0.3) is 0 Å². The Kier molecular flexibility index (Phi) is 6.69. The summed E-state index contributed by atoms with van der Waals surface area (Å²) < 4.78 is 27.3. The molecular weight excluding hydrogens is 338 g/mol. The molecule has 0 aliphatic carbocycles. The molecule has 20 heavy (non-hydrogen) atoms. The lowest BCUT2D eigenvalue weighted by molar-refractivity contribution is 0.289. The van der Waals surface area contributed by atoms with Gasteiger partial charge < -0.3 is 0 Å². The summed E-state index contributed by atoms with van der Waals surface area (Å²) in [6.07, 6.45) is 0. The Labute approximate surface area is 131 Å². The topological polar surface area (TPSA) is 46.2 Å². The van der Waals surface area contributed by atoms with Crippen LogP contribution in [0.3, 0.4) is 0 Å². The van der Waals surface area contributed by atoms with Gasteiger partial charge >= 0.3 is 0 Å². The van der Waals surface area contributed by atoms with Crippen LogP contribution in [0.5, 0.6) is 0 Å². The molecule has 0 spiro atoms. The summed E-state index contributed by atoms with van der Waals surface area (Å²) >= 11 is 3.35.